The third kappa shape index (κ3) is 3.60. The van der Waals surface area contributed by atoms with Crippen LogP contribution in [0.5, 0.6) is 0 Å². The van der Waals surface area contributed by atoms with Crippen LogP contribution in [-0.4, -0.2) is 18.5 Å². The molecule has 0 aliphatic carbocycles. The molecule has 1 amide bonds. The van der Waals surface area contributed by atoms with E-state index in [9.17, 15) is 4.79 Å². The standard InChI is InChI=1S/C12H14Cl2N2O/c13-10-3-1-8(5-11(10)14)6-15-9-2-4-12(17)16-7-9/h1,3,5,9,15H,2,4,6-7H2,(H,16,17). The minimum absolute atomic E-state index is 0.137. The molecular formula is C12H14Cl2N2O. The molecule has 2 N–H and O–H groups in total. The Kier molecular flexibility index (Phi) is 4.26. The van der Waals surface area contributed by atoms with Gasteiger partial charge in [0.25, 0.3) is 0 Å². The predicted octanol–water partition coefficient (Wildman–Crippen LogP) is 2.36. The highest BCUT2D eigenvalue weighted by atomic mass is 35.5. The highest BCUT2D eigenvalue weighted by Gasteiger charge is 2.16. The summed E-state index contributed by atoms with van der Waals surface area (Å²) in [6, 6.07) is 5.94. The quantitative estimate of drug-likeness (QED) is 0.887. The van der Waals surface area contributed by atoms with Gasteiger partial charge < -0.3 is 10.6 Å². The summed E-state index contributed by atoms with van der Waals surface area (Å²) < 4.78 is 0. The zero-order valence-electron chi connectivity index (χ0n) is 9.30. The second-order valence-electron chi connectivity index (χ2n) is 4.17. The molecule has 1 aromatic carbocycles. The van der Waals surface area contributed by atoms with Crippen molar-refractivity contribution >= 4 is 29.1 Å². The van der Waals surface area contributed by atoms with E-state index in [1.807, 2.05) is 12.1 Å². The Morgan fingerprint density at radius 3 is 2.82 bits per heavy atom. The van der Waals surface area contributed by atoms with E-state index in [2.05, 4.69) is 10.6 Å². The van der Waals surface area contributed by atoms with Gasteiger partial charge in [0.05, 0.1) is 10.0 Å². The van der Waals surface area contributed by atoms with E-state index in [1.165, 1.54) is 0 Å². The number of carbonyl (C=O) groups is 1. The predicted molar refractivity (Wildman–Crippen MR) is 69.3 cm³/mol. The van der Waals surface area contributed by atoms with Crippen LogP contribution in [0.3, 0.4) is 0 Å². The van der Waals surface area contributed by atoms with E-state index >= 15 is 0 Å². The summed E-state index contributed by atoms with van der Waals surface area (Å²) in [4.78, 5) is 11.0. The van der Waals surface area contributed by atoms with E-state index in [0.29, 0.717) is 29.1 Å². The molecule has 1 aliphatic rings. The van der Waals surface area contributed by atoms with Crippen LogP contribution in [0.4, 0.5) is 0 Å². The first-order valence-electron chi connectivity index (χ1n) is 5.59. The lowest BCUT2D eigenvalue weighted by atomic mass is 10.1. The number of piperidine rings is 1. The zero-order valence-corrected chi connectivity index (χ0v) is 10.8. The minimum Gasteiger partial charge on any atom is -0.355 e. The number of hydrogen-bond donors (Lipinski definition) is 2. The normalized spacial score (nSPS) is 20.1. The van der Waals surface area contributed by atoms with Gasteiger partial charge in [0.2, 0.25) is 5.91 Å². The monoisotopic (exact) mass is 272 g/mol. The molecule has 0 spiro atoms. The van der Waals surface area contributed by atoms with Gasteiger partial charge in [0, 0.05) is 25.6 Å². The Bertz CT molecular complexity index is 413. The maximum absolute atomic E-state index is 11.0. The Morgan fingerprint density at radius 2 is 2.18 bits per heavy atom. The largest absolute Gasteiger partial charge is 0.355 e. The Morgan fingerprint density at radius 1 is 1.35 bits per heavy atom. The van der Waals surface area contributed by atoms with E-state index in [1.54, 1.807) is 6.07 Å². The second-order valence-corrected chi connectivity index (χ2v) is 4.98. The average Bonchev–Trinajstić information content (AvgIpc) is 2.33. The third-order valence-corrected chi connectivity index (χ3v) is 3.58. The molecule has 0 aromatic heterocycles. The molecule has 92 valence electrons. The number of hydrogen-bond acceptors (Lipinski definition) is 2. The molecule has 0 radical (unpaired) electrons. The molecule has 0 bridgehead atoms. The zero-order chi connectivity index (χ0) is 12.3. The fraction of sp³-hybridized carbons (Fsp3) is 0.417. The number of amides is 1. The van der Waals surface area contributed by atoms with Crippen molar-refractivity contribution in [2.24, 2.45) is 0 Å². The summed E-state index contributed by atoms with van der Waals surface area (Å²) >= 11 is 11.8. The van der Waals surface area contributed by atoms with Crippen molar-refractivity contribution in [3.63, 3.8) is 0 Å². The molecule has 2 rings (SSSR count). The first kappa shape index (κ1) is 12.7. The maximum Gasteiger partial charge on any atom is 0.220 e. The number of benzene rings is 1. The van der Waals surface area contributed by atoms with Crippen LogP contribution >= 0.6 is 23.2 Å². The van der Waals surface area contributed by atoms with E-state index in [4.69, 9.17) is 23.2 Å². The van der Waals surface area contributed by atoms with E-state index < -0.39 is 0 Å². The third-order valence-electron chi connectivity index (χ3n) is 2.84. The van der Waals surface area contributed by atoms with Crippen molar-refractivity contribution in [2.45, 2.75) is 25.4 Å². The Hall–Kier alpha value is -0.770. The van der Waals surface area contributed by atoms with Crippen LogP contribution < -0.4 is 10.6 Å². The molecule has 1 heterocycles. The smallest absolute Gasteiger partial charge is 0.220 e. The first-order valence-corrected chi connectivity index (χ1v) is 6.35. The lowest BCUT2D eigenvalue weighted by molar-refractivity contribution is -0.122. The van der Waals surface area contributed by atoms with Gasteiger partial charge in [-0.1, -0.05) is 29.3 Å². The summed E-state index contributed by atoms with van der Waals surface area (Å²) in [7, 11) is 0. The molecule has 1 saturated heterocycles. The fourth-order valence-electron chi connectivity index (χ4n) is 1.82. The second kappa shape index (κ2) is 5.71. The number of carbonyl (C=O) groups excluding carboxylic acids is 1. The van der Waals surface area contributed by atoms with Crippen molar-refractivity contribution in [1.29, 1.82) is 0 Å². The Balaban J connectivity index is 1.85. The van der Waals surface area contributed by atoms with Crippen molar-refractivity contribution in [2.75, 3.05) is 6.54 Å². The first-order chi connectivity index (χ1) is 8.15. The van der Waals surface area contributed by atoms with Gasteiger partial charge in [-0.3, -0.25) is 4.79 Å². The van der Waals surface area contributed by atoms with Crippen LogP contribution in [0.15, 0.2) is 18.2 Å². The van der Waals surface area contributed by atoms with Gasteiger partial charge in [-0.05, 0) is 24.1 Å². The van der Waals surface area contributed by atoms with Crippen molar-refractivity contribution in [3.8, 4) is 0 Å². The molecule has 1 aliphatic heterocycles. The van der Waals surface area contributed by atoms with Crippen LogP contribution in [0.25, 0.3) is 0 Å². The van der Waals surface area contributed by atoms with Crippen molar-refractivity contribution in [3.05, 3.63) is 33.8 Å². The molecule has 0 saturated carbocycles. The van der Waals surface area contributed by atoms with Gasteiger partial charge in [-0.25, -0.2) is 0 Å². The number of rotatable bonds is 3. The van der Waals surface area contributed by atoms with Gasteiger partial charge >= 0.3 is 0 Å². The Labute approximate surface area is 110 Å². The van der Waals surface area contributed by atoms with Gasteiger partial charge in [0.15, 0.2) is 0 Å². The molecule has 1 atom stereocenters. The highest BCUT2D eigenvalue weighted by molar-refractivity contribution is 6.42. The summed E-state index contributed by atoms with van der Waals surface area (Å²) in [6.45, 7) is 1.43. The SMILES string of the molecule is O=C1CCC(NCc2ccc(Cl)c(Cl)c2)CN1. The van der Waals surface area contributed by atoms with E-state index in [-0.39, 0.29) is 5.91 Å². The van der Waals surface area contributed by atoms with Gasteiger partial charge in [-0.2, -0.15) is 0 Å². The van der Waals surface area contributed by atoms with Gasteiger partial charge in [0.1, 0.15) is 0 Å². The van der Waals surface area contributed by atoms with Crippen LogP contribution in [0.2, 0.25) is 10.0 Å². The topological polar surface area (TPSA) is 41.1 Å². The lowest BCUT2D eigenvalue weighted by Crippen LogP contribution is -2.45. The summed E-state index contributed by atoms with van der Waals surface area (Å²) in [6.07, 6.45) is 1.48. The van der Waals surface area contributed by atoms with Gasteiger partial charge in [-0.15, -0.1) is 0 Å². The fourth-order valence-corrected chi connectivity index (χ4v) is 2.14. The molecule has 1 fully saturated rings. The lowest BCUT2D eigenvalue weighted by Gasteiger charge is -2.23. The minimum atomic E-state index is 0.137. The number of halogens is 2. The molecule has 1 unspecified atom stereocenters. The maximum atomic E-state index is 11.0. The summed E-state index contributed by atoms with van der Waals surface area (Å²) in [5.74, 6) is 0.137. The van der Waals surface area contributed by atoms with Crippen molar-refractivity contribution < 1.29 is 4.79 Å². The number of nitrogens with one attached hydrogen (secondary N) is 2. The van der Waals surface area contributed by atoms with Crippen LogP contribution in [0, 0.1) is 0 Å². The average molecular weight is 273 g/mol. The summed E-state index contributed by atoms with van der Waals surface area (Å²) in [5.41, 5.74) is 1.09. The molecule has 17 heavy (non-hydrogen) atoms. The van der Waals surface area contributed by atoms with E-state index in [0.717, 1.165) is 18.5 Å². The van der Waals surface area contributed by atoms with Crippen LogP contribution in [0.1, 0.15) is 18.4 Å². The summed E-state index contributed by atoms with van der Waals surface area (Å²) in [5, 5.41) is 7.37. The van der Waals surface area contributed by atoms with Crippen molar-refractivity contribution in [1.82, 2.24) is 10.6 Å². The molecule has 1 aromatic rings. The molecule has 5 heteroatoms. The highest BCUT2D eigenvalue weighted by Crippen LogP contribution is 2.22. The molecular weight excluding hydrogens is 259 g/mol. The molecule has 3 nitrogen and oxygen atoms in total. The van der Waals surface area contributed by atoms with Crippen LogP contribution in [-0.2, 0) is 11.3 Å².